The van der Waals surface area contributed by atoms with Gasteiger partial charge in [-0.05, 0) is 30.2 Å². The van der Waals surface area contributed by atoms with Crippen molar-refractivity contribution < 1.29 is 13.2 Å². The SMILES string of the molecule is CCOCc1cccc(S(=O)(=O)N2CCSCC2c2ccccc2)c1. The Morgan fingerprint density at radius 2 is 1.96 bits per heavy atom. The Hall–Kier alpha value is -1.34. The van der Waals surface area contributed by atoms with Crippen molar-refractivity contribution in [1.29, 1.82) is 0 Å². The summed E-state index contributed by atoms with van der Waals surface area (Å²) in [6.07, 6.45) is 0. The molecule has 2 aromatic carbocycles. The van der Waals surface area contributed by atoms with Crippen LogP contribution in [0.5, 0.6) is 0 Å². The van der Waals surface area contributed by atoms with Crippen molar-refractivity contribution >= 4 is 21.8 Å². The topological polar surface area (TPSA) is 46.6 Å². The molecule has 1 unspecified atom stereocenters. The summed E-state index contributed by atoms with van der Waals surface area (Å²) in [5.74, 6) is 1.60. The molecular weight excluding hydrogens is 354 g/mol. The van der Waals surface area contributed by atoms with Gasteiger partial charge in [0.15, 0.2) is 0 Å². The van der Waals surface area contributed by atoms with Crippen molar-refractivity contribution in [3.63, 3.8) is 0 Å². The minimum Gasteiger partial charge on any atom is -0.377 e. The average Bonchev–Trinajstić information content (AvgIpc) is 2.67. The van der Waals surface area contributed by atoms with E-state index in [2.05, 4.69) is 0 Å². The van der Waals surface area contributed by atoms with Crippen LogP contribution in [0.4, 0.5) is 0 Å². The molecule has 2 aromatic rings. The monoisotopic (exact) mass is 377 g/mol. The van der Waals surface area contributed by atoms with Crippen LogP contribution in [0.25, 0.3) is 0 Å². The third-order valence-corrected chi connectivity index (χ3v) is 7.17. The van der Waals surface area contributed by atoms with Crippen LogP contribution in [0, 0.1) is 0 Å². The van der Waals surface area contributed by atoms with E-state index in [-0.39, 0.29) is 6.04 Å². The highest BCUT2D eigenvalue weighted by atomic mass is 32.2. The Bertz CT molecular complexity index is 793. The number of hydrogen-bond acceptors (Lipinski definition) is 4. The Labute approximate surface area is 154 Å². The summed E-state index contributed by atoms with van der Waals surface area (Å²) in [6.45, 7) is 3.49. The van der Waals surface area contributed by atoms with Gasteiger partial charge in [-0.25, -0.2) is 8.42 Å². The van der Waals surface area contributed by atoms with E-state index in [0.717, 1.165) is 22.6 Å². The maximum Gasteiger partial charge on any atom is 0.243 e. The number of rotatable bonds is 6. The van der Waals surface area contributed by atoms with Gasteiger partial charge in [-0.2, -0.15) is 16.1 Å². The summed E-state index contributed by atoms with van der Waals surface area (Å²) in [6, 6.07) is 16.9. The molecule has 0 radical (unpaired) electrons. The molecule has 0 bridgehead atoms. The van der Waals surface area contributed by atoms with E-state index in [1.165, 1.54) is 0 Å². The van der Waals surface area contributed by atoms with Gasteiger partial charge >= 0.3 is 0 Å². The van der Waals surface area contributed by atoms with Gasteiger partial charge in [0, 0.05) is 24.7 Å². The van der Waals surface area contributed by atoms with E-state index in [4.69, 9.17) is 4.74 Å². The number of sulfonamides is 1. The molecule has 0 aliphatic carbocycles. The fourth-order valence-corrected chi connectivity index (χ4v) is 5.95. The Morgan fingerprint density at radius 3 is 2.72 bits per heavy atom. The molecule has 4 nitrogen and oxygen atoms in total. The molecule has 0 aromatic heterocycles. The standard InChI is InChI=1S/C19H23NO3S2/c1-2-23-14-16-7-6-10-18(13-16)25(21,22)20-11-12-24-15-19(20)17-8-4-3-5-9-17/h3-10,13,19H,2,11-12,14-15H2,1H3. The van der Waals surface area contributed by atoms with Gasteiger partial charge in [0.25, 0.3) is 0 Å². The van der Waals surface area contributed by atoms with Crippen molar-refractivity contribution in [3.05, 3.63) is 65.7 Å². The molecule has 1 saturated heterocycles. The van der Waals surface area contributed by atoms with Crippen molar-refractivity contribution in [3.8, 4) is 0 Å². The molecule has 1 fully saturated rings. The first-order chi connectivity index (χ1) is 12.1. The maximum absolute atomic E-state index is 13.3. The van der Waals surface area contributed by atoms with Gasteiger partial charge in [0.1, 0.15) is 0 Å². The normalized spacial score (nSPS) is 19.0. The van der Waals surface area contributed by atoms with E-state index < -0.39 is 10.0 Å². The summed E-state index contributed by atoms with van der Waals surface area (Å²) in [5, 5.41) is 0. The summed E-state index contributed by atoms with van der Waals surface area (Å²) in [7, 11) is -3.54. The van der Waals surface area contributed by atoms with Crippen LogP contribution in [-0.2, 0) is 21.4 Å². The molecule has 1 aliphatic rings. The second kappa shape index (κ2) is 8.36. The van der Waals surface area contributed by atoms with E-state index in [9.17, 15) is 8.42 Å². The van der Waals surface area contributed by atoms with Gasteiger partial charge in [0.05, 0.1) is 17.5 Å². The van der Waals surface area contributed by atoms with Gasteiger partial charge in [-0.3, -0.25) is 0 Å². The van der Waals surface area contributed by atoms with Crippen LogP contribution in [0.1, 0.15) is 24.1 Å². The first-order valence-electron chi connectivity index (χ1n) is 8.44. The third kappa shape index (κ3) is 4.26. The summed E-state index contributed by atoms with van der Waals surface area (Å²) < 4.78 is 33.6. The summed E-state index contributed by atoms with van der Waals surface area (Å²) in [4.78, 5) is 0.345. The lowest BCUT2D eigenvalue weighted by atomic mass is 10.1. The summed E-state index contributed by atoms with van der Waals surface area (Å²) >= 11 is 1.80. The van der Waals surface area contributed by atoms with Gasteiger partial charge in [0.2, 0.25) is 10.0 Å². The second-order valence-electron chi connectivity index (χ2n) is 5.90. The van der Waals surface area contributed by atoms with Crippen molar-refractivity contribution in [2.24, 2.45) is 0 Å². The molecule has 0 N–H and O–H groups in total. The summed E-state index contributed by atoms with van der Waals surface area (Å²) in [5.41, 5.74) is 1.93. The molecule has 0 amide bonds. The zero-order valence-corrected chi connectivity index (χ0v) is 15.9. The number of ether oxygens (including phenoxy) is 1. The Kier molecular flexibility index (Phi) is 6.17. The number of hydrogen-bond donors (Lipinski definition) is 0. The van der Waals surface area contributed by atoms with Crippen LogP contribution in [0.2, 0.25) is 0 Å². The smallest absolute Gasteiger partial charge is 0.243 e. The molecule has 1 aliphatic heterocycles. The van der Waals surface area contributed by atoms with Crippen LogP contribution in [-0.4, -0.2) is 37.4 Å². The van der Waals surface area contributed by atoms with Crippen LogP contribution in [0.3, 0.4) is 0 Å². The zero-order valence-electron chi connectivity index (χ0n) is 14.3. The molecular formula is C19H23NO3S2. The minimum atomic E-state index is -3.54. The minimum absolute atomic E-state index is 0.125. The third-order valence-electron chi connectivity index (χ3n) is 4.24. The molecule has 0 saturated carbocycles. The predicted molar refractivity (Wildman–Crippen MR) is 102 cm³/mol. The first-order valence-corrected chi connectivity index (χ1v) is 11.0. The molecule has 134 valence electrons. The van der Waals surface area contributed by atoms with E-state index in [0.29, 0.717) is 24.7 Å². The Morgan fingerprint density at radius 1 is 1.16 bits per heavy atom. The lowest BCUT2D eigenvalue weighted by Crippen LogP contribution is -2.40. The molecule has 6 heteroatoms. The average molecular weight is 378 g/mol. The highest BCUT2D eigenvalue weighted by Gasteiger charge is 2.34. The Balaban J connectivity index is 1.92. The van der Waals surface area contributed by atoms with Gasteiger partial charge in [-0.15, -0.1) is 0 Å². The maximum atomic E-state index is 13.3. The van der Waals surface area contributed by atoms with Gasteiger partial charge in [-0.1, -0.05) is 42.5 Å². The van der Waals surface area contributed by atoms with E-state index >= 15 is 0 Å². The fraction of sp³-hybridized carbons (Fsp3) is 0.368. The molecule has 1 atom stereocenters. The van der Waals surface area contributed by atoms with Crippen LogP contribution < -0.4 is 0 Å². The fourth-order valence-electron chi connectivity index (χ4n) is 2.96. The predicted octanol–water partition coefficient (Wildman–Crippen LogP) is 3.70. The highest BCUT2D eigenvalue weighted by Crippen LogP contribution is 2.34. The molecule has 3 rings (SSSR count). The largest absolute Gasteiger partial charge is 0.377 e. The van der Waals surface area contributed by atoms with Crippen LogP contribution >= 0.6 is 11.8 Å². The second-order valence-corrected chi connectivity index (χ2v) is 8.94. The number of benzene rings is 2. The molecule has 1 heterocycles. The van der Waals surface area contributed by atoms with E-state index in [1.54, 1.807) is 34.3 Å². The number of thioether (sulfide) groups is 1. The van der Waals surface area contributed by atoms with Crippen molar-refractivity contribution in [2.45, 2.75) is 24.5 Å². The molecule has 0 spiro atoms. The number of nitrogens with zero attached hydrogens (tertiary/aromatic N) is 1. The quantitative estimate of drug-likeness (QED) is 0.770. The highest BCUT2D eigenvalue weighted by molar-refractivity contribution is 7.99. The van der Waals surface area contributed by atoms with Crippen molar-refractivity contribution in [1.82, 2.24) is 4.31 Å². The van der Waals surface area contributed by atoms with E-state index in [1.807, 2.05) is 43.3 Å². The van der Waals surface area contributed by atoms with Crippen molar-refractivity contribution in [2.75, 3.05) is 24.7 Å². The lowest BCUT2D eigenvalue weighted by Gasteiger charge is -2.34. The molecule has 25 heavy (non-hydrogen) atoms. The van der Waals surface area contributed by atoms with Crippen LogP contribution in [0.15, 0.2) is 59.5 Å². The first kappa shape index (κ1) is 18.5. The van der Waals surface area contributed by atoms with Gasteiger partial charge < -0.3 is 4.74 Å². The zero-order chi connectivity index (χ0) is 17.7. The lowest BCUT2D eigenvalue weighted by molar-refractivity contribution is 0.134.